The highest BCUT2D eigenvalue weighted by atomic mass is 35.5. The van der Waals surface area contributed by atoms with Crippen molar-refractivity contribution in [2.45, 2.75) is 43.6 Å². The Bertz CT molecular complexity index is 827. The van der Waals surface area contributed by atoms with Crippen LogP contribution in [-0.2, 0) is 22.6 Å². The average Bonchev–Trinajstić information content (AvgIpc) is 3.01. The number of aromatic nitrogens is 3. The van der Waals surface area contributed by atoms with Gasteiger partial charge in [-0.3, -0.25) is 9.59 Å². The van der Waals surface area contributed by atoms with Crippen LogP contribution in [0.25, 0.3) is 0 Å². The van der Waals surface area contributed by atoms with E-state index in [2.05, 4.69) is 15.5 Å². The molecule has 2 rings (SSSR count). The van der Waals surface area contributed by atoms with Crippen LogP contribution in [0.2, 0.25) is 5.02 Å². The summed E-state index contributed by atoms with van der Waals surface area (Å²) in [5.41, 5.74) is 5.77. The van der Waals surface area contributed by atoms with E-state index in [4.69, 9.17) is 22.1 Å². The van der Waals surface area contributed by atoms with E-state index in [-0.39, 0.29) is 18.2 Å². The Morgan fingerprint density at radius 2 is 2.15 bits per heavy atom. The van der Waals surface area contributed by atoms with Crippen LogP contribution in [0.4, 0.5) is 5.69 Å². The molecule has 146 valence electrons. The van der Waals surface area contributed by atoms with Crippen molar-refractivity contribution in [2.24, 2.45) is 5.73 Å². The number of halogens is 1. The lowest BCUT2D eigenvalue weighted by molar-refractivity contribution is -0.118. The van der Waals surface area contributed by atoms with E-state index in [0.717, 1.165) is 0 Å². The van der Waals surface area contributed by atoms with Gasteiger partial charge in [-0.05, 0) is 32.0 Å². The number of methoxy groups -OCH3 is 1. The Labute approximate surface area is 166 Å². The first-order valence-electron chi connectivity index (χ1n) is 8.37. The number of hydrogen-bond acceptors (Lipinski definition) is 6. The van der Waals surface area contributed by atoms with Gasteiger partial charge < -0.3 is 20.4 Å². The van der Waals surface area contributed by atoms with Gasteiger partial charge in [-0.25, -0.2) is 0 Å². The summed E-state index contributed by atoms with van der Waals surface area (Å²) in [6.45, 7) is 4.36. The molecule has 1 heterocycles. The molecule has 0 radical (unpaired) electrons. The SMILES string of the molecule is CCn1c(CCC(N)=O)nnc1S[C@@H](C)C(=O)Nc1ccc(OC)c(Cl)c1. The van der Waals surface area contributed by atoms with Gasteiger partial charge in [0.15, 0.2) is 5.16 Å². The number of thioether (sulfide) groups is 1. The standard InChI is InChI=1S/C17H22ClN5O3S/c1-4-23-15(8-7-14(19)24)21-22-17(23)27-10(2)16(25)20-11-5-6-13(26-3)12(18)9-11/h5-6,9-10H,4,7-8H2,1-3H3,(H2,19,24)(H,20,25)/t10-/m0/s1. The third-order valence-electron chi connectivity index (χ3n) is 3.78. The Kier molecular flexibility index (Phi) is 7.49. The fraction of sp³-hybridized carbons (Fsp3) is 0.412. The Balaban J connectivity index is 2.03. The van der Waals surface area contributed by atoms with Gasteiger partial charge in [-0.15, -0.1) is 10.2 Å². The maximum Gasteiger partial charge on any atom is 0.237 e. The quantitative estimate of drug-likeness (QED) is 0.613. The molecule has 1 atom stereocenters. The summed E-state index contributed by atoms with van der Waals surface area (Å²) in [7, 11) is 1.53. The molecule has 27 heavy (non-hydrogen) atoms. The molecule has 8 nitrogen and oxygen atoms in total. The zero-order chi connectivity index (χ0) is 20.0. The summed E-state index contributed by atoms with van der Waals surface area (Å²) in [6, 6.07) is 5.04. The summed E-state index contributed by atoms with van der Waals surface area (Å²) in [5, 5.41) is 11.7. The van der Waals surface area contributed by atoms with E-state index in [1.54, 1.807) is 25.1 Å². The van der Waals surface area contributed by atoms with E-state index in [0.29, 0.717) is 40.4 Å². The summed E-state index contributed by atoms with van der Waals surface area (Å²) in [4.78, 5) is 23.5. The molecule has 0 fully saturated rings. The van der Waals surface area contributed by atoms with E-state index in [1.807, 2.05) is 11.5 Å². The zero-order valence-corrected chi connectivity index (χ0v) is 16.9. The summed E-state index contributed by atoms with van der Waals surface area (Å²) in [5.74, 6) is 0.635. The molecule has 1 aromatic carbocycles. The monoisotopic (exact) mass is 411 g/mol. The highest BCUT2D eigenvalue weighted by Crippen LogP contribution is 2.28. The highest BCUT2D eigenvalue weighted by Gasteiger charge is 2.20. The van der Waals surface area contributed by atoms with Gasteiger partial charge in [0.25, 0.3) is 0 Å². The number of hydrogen-bond donors (Lipinski definition) is 2. The average molecular weight is 412 g/mol. The number of ether oxygens (including phenoxy) is 1. The fourth-order valence-corrected chi connectivity index (χ4v) is 3.53. The second-order valence-electron chi connectivity index (χ2n) is 5.71. The van der Waals surface area contributed by atoms with Crippen molar-refractivity contribution in [3.05, 3.63) is 29.0 Å². The maximum atomic E-state index is 12.5. The molecule has 2 aromatic rings. The van der Waals surface area contributed by atoms with Gasteiger partial charge in [-0.2, -0.15) is 0 Å². The number of nitrogens with two attached hydrogens (primary N) is 1. The van der Waals surface area contributed by atoms with Gasteiger partial charge in [0, 0.05) is 25.1 Å². The van der Waals surface area contributed by atoms with Crippen LogP contribution in [0.5, 0.6) is 5.75 Å². The summed E-state index contributed by atoms with van der Waals surface area (Å²) < 4.78 is 6.97. The molecular weight excluding hydrogens is 390 g/mol. The summed E-state index contributed by atoms with van der Waals surface area (Å²) >= 11 is 7.37. The second kappa shape index (κ2) is 9.61. The number of primary amides is 1. The molecule has 0 unspecified atom stereocenters. The van der Waals surface area contributed by atoms with Crippen LogP contribution in [-0.4, -0.2) is 38.9 Å². The van der Waals surface area contributed by atoms with Gasteiger partial charge in [0.2, 0.25) is 11.8 Å². The molecule has 0 spiro atoms. The number of carbonyl (C=O) groups is 2. The van der Waals surface area contributed by atoms with Gasteiger partial charge >= 0.3 is 0 Å². The second-order valence-corrected chi connectivity index (χ2v) is 7.42. The van der Waals surface area contributed by atoms with Gasteiger partial charge in [-0.1, -0.05) is 23.4 Å². The number of nitrogens with zero attached hydrogens (tertiary/aromatic N) is 3. The predicted molar refractivity (Wildman–Crippen MR) is 105 cm³/mol. The smallest absolute Gasteiger partial charge is 0.237 e. The molecule has 10 heteroatoms. The Hall–Kier alpha value is -2.26. The molecule has 0 aliphatic carbocycles. The third-order valence-corrected chi connectivity index (χ3v) is 5.15. The van der Waals surface area contributed by atoms with Crippen molar-refractivity contribution in [2.75, 3.05) is 12.4 Å². The number of aryl methyl sites for hydroxylation is 1. The van der Waals surface area contributed by atoms with Crippen molar-refractivity contribution >= 4 is 40.9 Å². The lowest BCUT2D eigenvalue weighted by Crippen LogP contribution is -2.23. The first-order chi connectivity index (χ1) is 12.8. The minimum Gasteiger partial charge on any atom is -0.495 e. The zero-order valence-electron chi connectivity index (χ0n) is 15.4. The normalized spacial score (nSPS) is 11.9. The van der Waals surface area contributed by atoms with Crippen LogP contribution < -0.4 is 15.8 Å². The fourth-order valence-electron chi connectivity index (χ4n) is 2.34. The topological polar surface area (TPSA) is 112 Å². The highest BCUT2D eigenvalue weighted by molar-refractivity contribution is 8.00. The lowest BCUT2D eigenvalue weighted by atomic mass is 10.3. The number of benzene rings is 1. The lowest BCUT2D eigenvalue weighted by Gasteiger charge is -2.13. The number of amides is 2. The van der Waals surface area contributed by atoms with E-state index >= 15 is 0 Å². The largest absolute Gasteiger partial charge is 0.495 e. The van der Waals surface area contributed by atoms with Crippen molar-refractivity contribution in [1.29, 1.82) is 0 Å². The van der Waals surface area contributed by atoms with Crippen LogP contribution in [0.15, 0.2) is 23.4 Å². The Morgan fingerprint density at radius 3 is 2.74 bits per heavy atom. The number of anilines is 1. The summed E-state index contributed by atoms with van der Waals surface area (Å²) in [6.07, 6.45) is 0.624. The van der Waals surface area contributed by atoms with Crippen molar-refractivity contribution in [1.82, 2.24) is 14.8 Å². The minimum absolute atomic E-state index is 0.189. The Morgan fingerprint density at radius 1 is 1.41 bits per heavy atom. The van der Waals surface area contributed by atoms with Crippen molar-refractivity contribution in [3.63, 3.8) is 0 Å². The predicted octanol–water partition coefficient (Wildman–Crippen LogP) is 2.50. The van der Waals surface area contributed by atoms with Crippen LogP contribution in [0.3, 0.4) is 0 Å². The molecule has 0 saturated heterocycles. The van der Waals surface area contributed by atoms with E-state index in [1.165, 1.54) is 18.9 Å². The van der Waals surface area contributed by atoms with Crippen molar-refractivity contribution in [3.8, 4) is 5.75 Å². The third kappa shape index (κ3) is 5.61. The first kappa shape index (κ1) is 21.0. The molecule has 1 aromatic heterocycles. The minimum atomic E-state index is -0.413. The van der Waals surface area contributed by atoms with Crippen LogP contribution >= 0.6 is 23.4 Å². The number of carbonyl (C=O) groups excluding carboxylic acids is 2. The van der Waals surface area contributed by atoms with Crippen molar-refractivity contribution < 1.29 is 14.3 Å². The van der Waals surface area contributed by atoms with Crippen LogP contribution in [0.1, 0.15) is 26.1 Å². The molecule has 0 aliphatic rings. The number of rotatable bonds is 9. The number of nitrogens with one attached hydrogen (secondary N) is 1. The molecule has 3 N–H and O–H groups in total. The first-order valence-corrected chi connectivity index (χ1v) is 9.62. The van der Waals surface area contributed by atoms with Gasteiger partial charge in [0.05, 0.1) is 17.4 Å². The molecular formula is C17H22ClN5O3S. The van der Waals surface area contributed by atoms with E-state index in [9.17, 15) is 9.59 Å². The molecule has 0 bridgehead atoms. The van der Waals surface area contributed by atoms with Crippen LogP contribution in [0, 0.1) is 0 Å². The maximum absolute atomic E-state index is 12.5. The molecule has 2 amide bonds. The molecule has 0 saturated carbocycles. The molecule has 0 aliphatic heterocycles. The van der Waals surface area contributed by atoms with Gasteiger partial charge in [0.1, 0.15) is 11.6 Å². The van der Waals surface area contributed by atoms with E-state index < -0.39 is 5.25 Å².